The van der Waals surface area contributed by atoms with Crippen LogP contribution in [0.25, 0.3) is 0 Å². The first-order valence-corrected chi connectivity index (χ1v) is 6.71. The fourth-order valence-corrected chi connectivity index (χ4v) is 2.88. The molecule has 1 saturated heterocycles. The lowest BCUT2D eigenvalue weighted by Crippen LogP contribution is -2.42. The van der Waals surface area contributed by atoms with Crippen molar-refractivity contribution in [3.05, 3.63) is 35.9 Å². The second-order valence-corrected chi connectivity index (χ2v) is 5.07. The average Bonchev–Trinajstić information content (AvgIpc) is 2.39. The van der Waals surface area contributed by atoms with Crippen LogP contribution < -0.4 is 0 Å². The van der Waals surface area contributed by atoms with E-state index in [1.165, 1.54) is 12.0 Å². The largest absolute Gasteiger partial charge is 0.481 e. The Hall–Kier alpha value is -1.35. The quantitative estimate of drug-likeness (QED) is 0.889. The number of rotatable bonds is 4. The van der Waals surface area contributed by atoms with Gasteiger partial charge >= 0.3 is 5.97 Å². The van der Waals surface area contributed by atoms with Gasteiger partial charge in [-0.05, 0) is 31.9 Å². The number of likely N-dealkylation sites (tertiary alicyclic amines) is 1. The van der Waals surface area contributed by atoms with E-state index in [9.17, 15) is 4.79 Å². The highest BCUT2D eigenvalue weighted by molar-refractivity contribution is 5.67. The number of nitrogens with zero attached hydrogens (tertiary/aromatic N) is 1. The van der Waals surface area contributed by atoms with Crippen molar-refractivity contribution < 1.29 is 9.90 Å². The fraction of sp³-hybridized carbons (Fsp3) is 0.533. The summed E-state index contributed by atoms with van der Waals surface area (Å²) in [5, 5.41) is 9.01. The Kier molecular flexibility index (Phi) is 4.37. The van der Waals surface area contributed by atoms with E-state index in [1.807, 2.05) is 18.2 Å². The van der Waals surface area contributed by atoms with Crippen molar-refractivity contribution in [3.63, 3.8) is 0 Å². The van der Waals surface area contributed by atoms with Gasteiger partial charge in [-0.1, -0.05) is 36.8 Å². The molecular formula is C15H21NO2. The van der Waals surface area contributed by atoms with Gasteiger partial charge in [0.05, 0.1) is 6.42 Å². The van der Waals surface area contributed by atoms with Crippen molar-refractivity contribution in [2.75, 3.05) is 6.54 Å². The number of carbonyl (C=O) groups is 1. The molecule has 1 heterocycles. The minimum absolute atomic E-state index is 0.187. The van der Waals surface area contributed by atoms with Gasteiger partial charge in [0.2, 0.25) is 0 Å². The standard InChI is InChI=1S/C15H21NO2/c1-12(13-7-3-2-4-8-13)16-10-6-5-9-14(16)11-15(17)18/h2-4,7-8,12,14H,5-6,9-11H2,1H3,(H,17,18). The van der Waals surface area contributed by atoms with E-state index in [0.29, 0.717) is 6.04 Å². The van der Waals surface area contributed by atoms with Gasteiger partial charge in [0.1, 0.15) is 0 Å². The Morgan fingerprint density at radius 2 is 2.11 bits per heavy atom. The highest BCUT2D eigenvalue weighted by Gasteiger charge is 2.28. The van der Waals surface area contributed by atoms with E-state index in [1.54, 1.807) is 0 Å². The third kappa shape index (κ3) is 3.10. The van der Waals surface area contributed by atoms with Gasteiger partial charge in [-0.3, -0.25) is 9.69 Å². The fourth-order valence-electron chi connectivity index (χ4n) is 2.88. The van der Waals surface area contributed by atoms with Crippen LogP contribution in [0.3, 0.4) is 0 Å². The summed E-state index contributed by atoms with van der Waals surface area (Å²) in [6.45, 7) is 3.18. The van der Waals surface area contributed by atoms with E-state index in [2.05, 4.69) is 24.0 Å². The van der Waals surface area contributed by atoms with Crippen LogP contribution in [0.2, 0.25) is 0 Å². The molecule has 0 amide bonds. The summed E-state index contributed by atoms with van der Waals surface area (Å²) in [4.78, 5) is 13.3. The lowest BCUT2D eigenvalue weighted by Gasteiger charge is -2.39. The average molecular weight is 247 g/mol. The van der Waals surface area contributed by atoms with E-state index in [0.717, 1.165) is 19.4 Å². The molecule has 0 spiro atoms. The second kappa shape index (κ2) is 6.01. The molecule has 98 valence electrons. The van der Waals surface area contributed by atoms with Gasteiger partial charge in [0.15, 0.2) is 0 Å². The maximum absolute atomic E-state index is 10.9. The molecule has 1 aromatic rings. The zero-order chi connectivity index (χ0) is 13.0. The highest BCUT2D eigenvalue weighted by Crippen LogP contribution is 2.29. The molecule has 2 rings (SSSR count). The highest BCUT2D eigenvalue weighted by atomic mass is 16.4. The van der Waals surface area contributed by atoms with Crippen LogP contribution in [0.4, 0.5) is 0 Å². The smallest absolute Gasteiger partial charge is 0.304 e. The zero-order valence-corrected chi connectivity index (χ0v) is 10.9. The van der Waals surface area contributed by atoms with Gasteiger partial charge in [0.25, 0.3) is 0 Å². The maximum Gasteiger partial charge on any atom is 0.304 e. The number of aliphatic carboxylic acids is 1. The SMILES string of the molecule is CC(c1ccccc1)N1CCCCC1CC(=O)O. The van der Waals surface area contributed by atoms with Gasteiger partial charge in [-0.2, -0.15) is 0 Å². The van der Waals surface area contributed by atoms with Gasteiger partial charge in [-0.15, -0.1) is 0 Å². The first-order chi connectivity index (χ1) is 8.68. The predicted octanol–water partition coefficient (Wildman–Crippen LogP) is 3.08. The summed E-state index contributed by atoms with van der Waals surface area (Å²) >= 11 is 0. The lowest BCUT2D eigenvalue weighted by molar-refractivity contribution is -0.139. The molecular weight excluding hydrogens is 226 g/mol. The Balaban J connectivity index is 2.11. The summed E-state index contributed by atoms with van der Waals surface area (Å²) < 4.78 is 0. The molecule has 1 aliphatic heterocycles. The molecule has 1 N–H and O–H groups in total. The number of carboxylic acid groups (broad SMARTS) is 1. The van der Waals surface area contributed by atoms with E-state index < -0.39 is 5.97 Å². The minimum atomic E-state index is -0.688. The van der Waals surface area contributed by atoms with Crippen LogP contribution in [0.5, 0.6) is 0 Å². The Morgan fingerprint density at radius 3 is 2.78 bits per heavy atom. The summed E-state index contributed by atoms with van der Waals surface area (Å²) in [7, 11) is 0. The summed E-state index contributed by atoms with van der Waals surface area (Å²) in [5.41, 5.74) is 1.27. The molecule has 1 fully saturated rings. The molecule has 2 unspecified atom stereocenters. The Morgan fingerprint density at radius 1 is 1.39 bits per heavy atom. The summed E-state index contributed by atoms with van der Waals surface area (Å²) in [5.74, 6) is -0.688. The second-order valence-electron chi connectivity index (χ2n) is 5.07. The monoisotopic (exact) mass is 247 g/mol. The molecule has 1 aliphatic rings. The van der Waals surface area contributed by atoms with Crippen LogP contribution >= 0.6 is 0 Å². The molecule has 2 atom stereocenters. The molecule has 18 heavy (non-hydrogen) atoms. The number of carboxylic acids is 1. The van der Waals surface area contributed by atoms with Gasteiger partial charge < -0.3 is 5.11 Å². The van der Waals surface area contributed by atoms with Gasteiger partial charge in [0, 0.05) is 12.1 Å². The molecule has 0 aromatic heterocycles. The van der Waals surface area contributed by atoms with E-state index in [-0.39, 0.29) is 12.5 Å². The minimum Gasteiger partial charge on any atom is -0.481 e. The van der Waals surface area contributed by atoms with Crippen molar-refractivity contribution in [2.24, 2.45) is 0 Å². The molecule has 3 nitrogen and oxygen atoms in total. The number of hydrogen-bond acceptors (Lipinski definition) is 2. The topological polar surface area (TPSA) is 40.5 Å². The van der Waals surface area contributed by atoms with Crippen LogP contribution in [0.15, 0.2) is 30.3 Å². The van der Waals surface area contributed by atoms with Crippen LogP contribution in [0.1, 0.15) is 44.2 Å². The molecule has 0 aliphatic carbocycles. The maximum atomic E-state index is 10.9. The third-order valence-corrected chi connectivity index (χ3v) is 3.86. The van der Waals surface area contributed by atoms with E-state index in [4.69, 9.17) is 5.11 Å². The lowest BCUT2D eigenvalue weighted by atomic mass is 9.95. The van der Waals surface area contributed by atoms with E-state index >= 15 is 0 Å². The first kappa shape index (κ1) is 13.1. The first-order valence-electron chi connectivity index (χ1n) is 6.71. The van der Waals surface area contributed by atoms with Crippen LogP contribution in [-0.2, 0) is 4.79 Å². The predicted molar refractivity (Wildman–Crippen MR) is 71.5 cm³/mol. The number of hydrogen-bond donors (Lipinski definition) is 1. The van der Waals surface area contributed by atoms with Crippen molar-refractivity contribution in [3.8, 4) is 0 Å². The molecule has 0 radical (unpaired) electrons. The normalized spacial score (nSPS) is 22.6. The van der Waals surface area contributed by atoms with Crippen molar-refractivity contribution in [2.45, 2.75) is 44.7 Å². The summed E-state index contributed by atoms with van der Waals surface area (Å²) in [6.07, 6.45) is 3.59. The Labute approximate surface area is 108 Å². The zero-order valence-electron chi connectivity index (χ0n) is 10.9. The Bertz CT molecular complexity index is 391. The summed E-state index contributed by atoms with van der Waals surface area (Å²) in [6, 6.07) is 10.8. The van der Waals surface area contributed by atoms with Crippen molar-refractivity contribution >= 4 is 5.97 Å². The van der Waals surface area contributed by atoms with Crippen molar-refractivity contribution in [1.29, 1.82) is 0 Å². The van der Waals surface area contributed by atoms with Gasteiger partial charge in [-0.25, -0.2) is 0 Å². The number of benzene rings is 1. The molecule has 0 saturated carbocycles. The number of piperidine rings is 1. The van der Waals surface area contributed by atoms with Crippen molar-refractivity contribution in [1.82, 2.24) is 4.90 Å². The third-order valence-electron chi connectivity index (χ3n) is 3.86. The molecule has 0 bridgehead atoms. The molecule has 3 heteroatoms. The van der Waals surface area contributed by atoms with Crippen LogP contribution in [-0.4, -0.2) is 28.6 Å². The van der Waals surface area contributed by atoms with Crippen LogP contribution in [0, 0.1) is 0 Å². The molecule has 1 aromatic carbocycles.